The molecule has 164 valence electrons. The number of fused-ring (bicyclic) bond motifs is 1. The fourth-order valence-corrected chi connectivity index (χ4v) is 5.10. The molecule has 5 nitrogen and oxygen atoms in total. The molecule has 2 unspecified atom stereocenters. The van der Waals surface area contributed by atoms with Gasteiger partial charge >= 0.3 is 0 Å². The van der Waals surface area contributed by atoms with Crippen molar-refractivity contribution in [1.82, 2.24) is 5.01 Å². The van der Waals surface area contributed by atoms with Crippen molar-refractivity contribution in [3.05, 3.63) is 99.0 Å². The molecule has 0 saturated heterocycles. The van der Waals surface area contributed by atoms with E-state index in [0.29, 0.717) is 28.4 Å². The molecule has 2 atom stereocenters. The Labute approximate surface area is 205 Å². The summed E-state index contributed by atoms with van der Waals surface area (Å²) in [6.07, 6.45) is 5.84. The summed E-state index contributed by atoms with van der Waals surface area (Å²) in [5.41, 5.74) is 4.30. The molecule has 0 radical (unpaired) electrons. The summed E-state index contributed by atoms with van der Waals surface area (Å²) in [7, 11) is 0. The van der Waals surface area contributed by atoms with Gasteiger partial charge in [-0.15, -0.1) is 0 Å². The van der Waals surface area contributed by atoms with Crippen LogP contribution in [0.3, 0.4) is 0 Å². The van der Waals surface area contributed by atoms with Crippen molar-refractivity contribution in [2.24, 2.45) is 16.0 Å². The molecule has 0 bridgehead atoms. The Morgan fingerprint density at radius 2 is 1.91 bits per heavy atom. The molecule has 0 aromatic heterocycles. The maximum atomic E-state index is 13.4. The van der Waals surface area contributed by atoms with Gasteiger partial charge in [-0.1, -0.05) is 76.1 Å². The van der Waals surface area contributed by atoms with Gasteiger partial charge in [-0.2, -0.15) is 5.10 Å². The summed E-state index contributed by atoms with van der Waals surface area (Å²) in [6, 6.07) is 17.2. The number of dihydropyridines is 1. The van der Waals surface area contributed by atoms with Crippen molar-refractivity contribution in [1.29, 1.82) is 0 Å². The van der Waals surface area contributed by atoms with Gasteiger partial charge < -0.3 is 0 Å². The zero-order chi connectivity index (χ0) is 23.1. The quantitative estimate of drug-likeness (QED) is 0.510. The minimum atomic E-state index is -0.353. The van der Waals surface area contributed by atoms with Gasteiger partial charge in [0.1, 0.15) is 0 Å². The molecule has 0 spiro atoms. The van der Waals surface area contributed by atoms with E-state index in [2.05, 4.69) is 26.0 Å². The van der Waals surface area contributed by atoms with Crippen molar-refractivity contribution >= 4 is 56.3 Å². The van der Waals surface area contributed by atoms with Crippen LogP contribution in [0.4, 0.5) is 0 Å². The van der Waals surface area contributed by atoms with Crippen molar-refractivity contribution in [3.8, 4) is 0 Å². The molecule has 7 heteroatoms. The summed E-state index contributed by atoms with van der Waals surface area (Å²) in [5, 5.41) is 6.70. The van der Waals surface area contributed by atoms with Crippen LogP contribution in [0.25, 0.3) is 5.57 Å². The van der Waals surface area contributed by atoms with Crippen LogP contribution >= 0.6 is 27.5 Å². The summed E-state index contributed by atoms with van der Waals surface area (Å²) < 4.78 is 0.915. The fraction of sp³-hybridized carbons (Fsp3) is 0.154. The van der Waals surface area contributed by atoms with Crippen LogP contribution in [0.1, 0.15) is 30.5 Å². The number of aliphatic imine (C=N–C) groups is 1. The lowest BCUT2D eigenvalue weighted by Gasteiger charge is -2.27. The number of halogens is 2. The summed E-state index contributed by atoms with van der Waals surface area (Å²) in [6.45, 7) is 1.48. The van der Waals surface area contributed by atoms with E-state index in [4.69, 9.17) is 11.6 Å². The number of hydrogen-bond acceptors (Lipinski definition) is 3. The molecule has 2 aromatic rings. The lowest BCUT2D eigenvalue weighted by atomic mass is 9.79. The van der Waals surface area contributed by atoms with E-state index >= 15 is 0 Å². The molecule has 3 aliphatic rings. The van der Waals surface area contributed by atoms with E-state index in [9.17, 15) is 9.59 Å². The van der Waals surface area contributed by atoms with Crippen molar-refractivity contribution in [3.63, 3.8) is 0 Å². The number of hydrogen-bond donors (Lipinski definition) is 0. The minimum Gasteiger partial charge on any atom is -0.273 e. The second kappa shape index (κ2) is 8.69. The molecular weight excluding hydrogens is 502 g/mol. The molecule has 5 rings (SSSR count). The Morgan fingerprint density at radius 3 is 2.64 bits per heavy atom. The molecule has 0 N–H and O–H groups in total. The lowest BCUT2D eigenvalue weighted by molar-refractivity contribution is -0.130. The van der Waals surface area contributed by atoms with E-state index in [-0.39, 0.29) is 23.8 Å². The first-order valence-electron chi connectivity index (χ1n) is 10.5. The number of carbonyl (C=O) groups excluding carboxylic acids is 2. The summed E-state index contributed by atoms with van der Waals surface area (Å²) in [5.74, 6) is -0.808. The SMILES string of the molecule is CC(=O)N1N=C(C2=C(c3ccccc3)C3C=C(Cl)C=CC3=NC2=O)CC1c1cccc(Br)c1. The maximum Gasteiger partial charge on any atom is 0.279 e. The van der Waals surface area contributed by atoms with Gasteiger partial charge in [-0.3, -0.25) is 9.59 Å². The number of amides is 2. The smallest absolute Gasteiger partial charge is 0.273 e. The van der Waals surface area contributed by atoms with Crippen molar-refractivity contribution in [2.45, 2.75) is 19.4 Å². The molecule has 2 aliphatic heterocycles. The molecule has 0 saturated carbocycles. The van der Waals surface area contributed by atoms with Gasteiger partial charge in [0, 0.05) is 28.8 Å². The third-order valence-corrected chi connectivity index (χ3v) is 6.67. The molecule has 2 heterocycles. The molecule has 0 fully saturated rings. The first kappa shape index (κ1) is 21.7. The largest absolute Gasteiger partial charge is 0.279 e. The highest BCUT2D eigenvalue weighted by molar-refractivity contribution is 9.10. The fourth-order valence-electron chi connectivity index (χ4n) is 4.50. The third kappa shape index (κ3) is 4.05. The normalized spacial score (nSPS) is 22.1. The highest BCUT2D eigenvalue weighted by Gasteiger charge is 2.39. The van der Waals surface area contributed by atoms with Crippen molar-refractivity contribution < 1.29 is 9.59 Å². The van der Waals surface area contributed by atoms with Crippen LogP contribution in [0, 0.1) is 5.92 Å². The zero-order valence-corrected chi connectivity index (χ0v) is 20.0. The topological polar surface area (TPSA) is 62.1 Å². The van der Waals surface area contributed by atoms with Gasteiger partial charge in [-0.25, -0.2) is 10.0 Å². The molecule has 2 amide bonds. The average Bonchev–Trinajstić information content (AvgIpc) is 3.24. The van der Waals surface area contributed by atoms with Crippen LogP contribution in [0.5, 0.6) is 0 Å². The number of hydrazone groups is 1. The molecule has 33 heavy (non-hydrogen) atoms. The number of benzene rings is 2. The van der Waals surface area contributed by atoms with E-state index in [1.165, 1.54) is 11.9 Å². The minimum absolute atomic E-state index is 0.187. The van der Waals surface area contributed by atoms with Gasteiger partial charge in [-0.05, 0) is 41.0 Å². The van der Waals surface area contributed by atoms with Crippen LogP contribution in [-0.2, 0) is 9.59 Å². The van der Waals surface area contributed by atoms with Gasteiger partial charge in [0.15, 0.2) is 0 Å². The Kier molecular flexibility index (Phi) is 5.72. The number of rotatable bonds is 3. The highest BCUT2D eigenvalue weighted by Crippen LogP contribution is 2.41. The van der Waals surface area contributed by atoms with Gasteiger partial charge in [0.25, 0.3) is 5.91 Å². The van der Waals surface area contributed by atoms with Crippen LogP contribution < -0.4 is 0 Å². The third-order valence-electron chi connectivity index (χ3n) is 5.92. The zero-order valence-electron chi connectivity index (χ0n) is 17.7. The Balaban J connectivity index is 1.67. The molecular formula is C26H19BrClN3O2. The standard InChI is InChI=1S/C26H19BrClN3O2/c1-15(32)31-23(17-8-5-9-18(27)12-17)14-22(30-31)25-24(16-6-3-2-4-7-16)20-13-19(28)10-11-21(20)29-26(25)33/h2-13,20,23H,14H2,1H3. The Hall–Kier alpha value is -3.09. The van der Waals surface area contributed by atoms with Crippen molar-refractivity contribution in [2.75, 3.05) is 0 Å². The van der Waals surface area contributed by atoms with Crippen LogP contribution in [0.2, 0.25) is 0 Å². The second-order valence-electron chi connectivity index (χ2n) is 8.04. The number of nitrogens with zero attached hydrogens (tertiary/aromatic N) is 3. The van der Waals surface area contributed by atoms with Gasteiger partial charge in [0.2, 0.25) is 5.91 Å². The highest BCUT2D eigenvalue weighted by atomic mass is 79.9. The maximum absolute atomic E-state index is 13.4. The summed E-state index contributed by atoms with van der Waals surface area (Å²) in [4.78, 5) is 30.2. The van der Waals surface area contributed by atoms with E-state index in [1.807, 2.05) is 60.7 Å². The number of allylic oxidation sites excluding steroid dienone is 5. The Bertz CT molecular complexity index is 1320. The lowest BCUT2D eigenvalue weighted by Crippen LogP contribution is -2.27. The van der Waals surface area contributed by atoms with Crippen LogP contribution in [-0.4, -0.2) is 28.2 Å². The second-order valence-corrected chi connectivity index (χ2v) is 9.40. The predicted molar refractivity (Wildman–Crippen MR) is 134 cm³/mol. The number of carbonyl (C=O) groups is 2. The Morgan fingerprint density at radius 1 is 1.12 bits per heavy atom. The van der Waals surface area contributed by atoms with E-state index in [0.717, 1.165) is 21.2 Å². The van der Waals surface area contributed by atoms with E-state index < -0.39 is 0 Å². The first-order valence-corrected chi connectivity index (χ1v) is 11.7. The summed E-state index contributed by atoms with van der Waals surface area (Å²) >= 11 is 9.84. The van der Waals surface area contributed by atoms with Crippen LogP contribution in [0.15, 0.2) is 98.0 Å². The molecule has 1 aliphatic carbocycles. The molecule has 2 aromatic carbocycles. The first-order chi connectivity index (χ1) is 15.9. The predicted octanol–water partition coefficient (Wildman–Crippen LogP) is 5.84. The van der Waals surface area contributed by atoms with E-state index in [1.54, 1.807) is 12.2 Å². The monoisotopic (exact) mass is 519 g/mol. The average molecular weight is 521 g/mol. The van der Waals surface area contributed by atoms with Gasteiger partial charge in [0.05, 0.1) is 23.0 Å².